The first-order chi connectivity index (χ1) is 14.8. The number of nitrogens with zero attached hydrogens (tertiary/aromatic N) is 1. The molecule has 1 aliphatic carbocycles. The number of fused-ring (bicyclic) bond motifs is 2. The Kier molecular flexibility index (Phi) is 5.67. The second-order valence-electron chi connectivity index (χ2n) is 8.56. The van der Waals surface area contributed by atoms with Crippen molar-refractivity contribution in [2.45, 2.75) is 12.5 Å². The highest BCUT2D eigenvalue weighted by atomic mass is 16.5. The molecule has 4 N–H and O–H groups in total. The monoisotopic (exact) mass is 444 g/mol. The van der Waals surface area contributed by atoms with Gasteiger partial charge in [-0.05, 0) is 18.2 Å². The van der Waals surface area contributed by atoms with Crippen LogP contribution in [0.3, 0.4) is 0 Å². The molecule has 0 amide bonds. The highest BCUT2D eigenvalue weighted by molar-refractivity contribution is 6.30. The van der Waals surface area contributed by atoms with E-state index in [1.807, 2.05) is 21.1 Å². The molecule has 10 nitrogen and oxygen atoms in total. The first-order valence-electron chi connectivity index (χ1n) is 9.54. The summed E-state index contributed by atoms with van der Waals surface area (Å²) in [5.41, 5.74) is -1.68. The average molecular weight is 444 g/mol. The van der Waals surface area contributed by atoms with Gasteiger partial charge < -0.3 is 29.6 Å². The number of carboxylic acids is 2. The predicted molar refractivity (Wildman–Crippen MR) is 110 cm³/mol. The van der Waals surface area contributed by atoms with Crippen molar-refractivity contribution in [3.63, 3.8) is 0 Å². The number of benzene rings is 2. The standard InChI is InChI=1S/C22H21NO9/c1-23(2,3)9-12(8-17(26)27)32-11-6-14-19(16(25)7-11)21(29)18-13(20(14)28)4-10(22(30)31)5-15(18)24/h4-7,12H,8-9H2,1-3H3,(H3-,24,25,26,27,29,30,31)/p+1. The molecule has 0 saturated carbocycles. The Morgan fingerprint density at radius 2 is 1.47 bits per heavy atom. The number of ketones is 2. The molecular formula is C22H22NO9+. The maximum absolute atomic E-state index is 13.1. The Morgan fingerprint density at radius 1 is 0.906 bits per heavy atom. The minimum atomic E-state index is -1.40. The summed E-state index contributed by atoms with van der Waals surface area (Å²) in [6.45, 7) is 0.301. The van der Waals surface area contributed by atoms with Crippen LogP contribution >= 0.6 is 0 Å². The number of hydrogen-bond donors (Lipinski definition) is 4. The molecule has 3 rings (SSSR count). The number of carboxylic acid groups (broad SMARTS) is 2. The highest BCUT2D eigenvalue weighted by Crippen LogP contribution is 2.39. The summed E-state index contributed by atoms with van der Waals surface area (Å²) in [7, 11) is 5.52. The molecule has 10 heteroatoms. The molecule has 1 aliphatic rings. The van der Waals surface area contributed by atoms with Crippen molar-refractivity contribution in [3.05, 3.63) is 52.1 Å². The summed E-state index contributed by atoms with van der Waals surface area (Å²) in [5, 5.41) is 39.0. The van der Waals surface area contributed by atoms with Crippen molar-refractivity contribution in [3.8, 4) is 17.2 Å². The number of aliphatic carboxylic acids is 1. The molecule has 0 fully saturated rings. The van der Waals surface area contributed by atoms with E-state index in [-0.39, 0.29) is 34.4 Å². The Hall–Kier alpha value is -3.92. The molecule has 0 heterocycles. The third-order valence-corrected chi connectivity index (χ3v) is 4.86. The van der Waals surface area contributed by atoms with Crippen molar-refractivity contribution in [2.75, 3.05) is 27.7 Å². The van der Waals surface area contributed by atoms with Crippen LogP contribution in [0.1, 0.15) is 48.6 Å². The lowest BCUT2D eigenvalue weighted by atomic mass is 9.82. The number of aromatic hydroxyl groups is 2. The van der Waals surface area contributed by atoms with Gasteiger partial charge in [-0.25, -0.2) is 4.79 Å². The lowest BCUT2D eigenvalue weighted by Crippen LogP contribution is -2.44. The van der Waals surface area contributed by atoms with Gasteiger partial charge in [-0.2, -0.15) is 0 Å². The summed E-state index contributed by atoms with van der Waals surface area (Å²) in [6, 6.07) is 4.14. The van der Waals surface area contributed by atoms with Gasteiger partial charge >= 0.3 is 11.9 Å². The van der Waals surface area contributed by atoms with Crippen LogP contribution in [-0.2, 0) is 4.79 Å². The van der Waals surface area contributed by atoms with Crippen LogP contribution in [0.15, 0.2) is 24.3 Å². The van der Waals surface area contributed by atoms with E-state index in [0.29, 0.717) is 11.0 Å². The molecule has 1 atom stereocenters. The molecule has 2 aromatic rings. The van der Waals surface area contributed by atoms with Crippen LogP contribution in [0, 0.1) is 0 Å². The Morgan fingerprint density at radius 3 is 2.00 bits per heavy atom. The van der Waals surface area contributed by atoms with Gasteiger partial charge in [-0.3, -0.25) is 14.4 Å². The maximum atomic E-state index is 13.1. The summed E-state index contributed by atoms with van der Waals surface area (Å²) in [4.78, 5) is 48.5. The van der Waals surface area contributed by atoms with Gasteiger partial charge in [0.2, 0.25) is 5.78 Å². The molecule has 0 aliphatic heterocycles. The Labute approximate surface area is 182 Å². The summed E-state index contributed by atoms with van der Waals surface area (Å²) in [5.74, 6) is -5.41. The number of carbonyl (C=O) groups is 4. The number of rotatable bonds is 7. The van der Waals surface area contributed by atoms with Gasteiger partial charge in [0, 0.05) is 17.2 Å². The average Bonchev–Trinajstić information content (AvgIpc) is 2.63. The molecule has 1 unspecified atom stereocenters. The Balaban J connectivity index is 2.07. The number of hydrogen-bond acceptors (Lipinski definition) is 7. The zero-order chi connectivity index (χ0) is 24.0. The van der Waals surface area contributed by atoms with Crippen LogP contribution in [-0.4, -0.2) is 82.2 Å². The third-order valence-electron chi connectivity index (χ3n) is 4.86. The van der Waals surface area contributed by atoms with E-state index in [1.165, 1.54) is 6.07 Å². The van der Waals surface area contributed by atoms with E-state index in [2.05, 4.69) is 0 Å². The van der Waals surface area contributed by atoms with Crippen molar-refractivity contribution in [1.82, 2.24) is 0 Å². The molecular weight excluding hydrogens is 422 g/mol. The van der Waals surface area contributed by atoms with Crippen LogP contribution < -0.4 is 4.74 Å². The minimum absolute atomic E-state index is 0.0239. The normalized spacial score (nSPS) is 13.8. The third kappa shape index (κ3) is 4.40. The minimum Gasteiger partial charge on any atom is -0.507 e. The summed E-state index contributed by atoms with van der Waals surface area (Å²) >= 11 is 0. The molecule has 0 bridgehead atoms. The van der Waals surface area contributed by atoms with Crippen LogP contribution in [0.25, 0.3) is 0 Å². The number of ether oxygens (including phenoxy) is 1. The van der Waals surface area contributed by atoms with E-state index in [0.717, 1.165) is 18.2 Å². The number of carbonyl (C=O) groups excluding carboxylic acids is 2. The Bertz CT molecular complexity index is 1160. The van der Waals surface area contributed by atoms with Crippen LogP contribution in [0.4, 0.5) is 0 Å². The van der Waals surface area contributed by atoms with Crippen LogP contribution in [0.5, 0.6) is 17.2 Å². The fourth-order valence-corrected chi connectivity index (χ4v) is 3.67. The van der Waals surface area contributed by atoms with Crippen molar-refractivity contribution >= 4 is 23.5 Å². The van der Waals surface area contributed by atoms with E-state index < -0.39 is 46.7 Å². The zero-order valence-electron chi connectivity index (χ0n) is 17.6. The van der Waals surface area contributed by atoms with Crippen molar-refractivity contribution < 1.29 is 48.8 Å². The molecule has 0 spiro atoms. The predicted octanol–water partition coefficient (Wildman–Crippen LogP) is 1.50. The maximum Gasteiger partial charge on any atom is 0.335 e. The second-order valence-corrected chi connectivity index (χ2v) is 8.56. The lowest BCUT2D eigenvalue weighted by molar-refractivity contribution is -0.873. The van der Waals surface area contributed by atoms with E-state index >= 15 is 0 Å². The van der Waals surface area contributed by atoms with E-state index in [4.69, 9.17) is 4.74 Å². The molecule has 168 valence electrons. The smallest absolute Gasteiger partial charge is 0.335 e. The number of quaternary nitrogens is 1. The first-order valence-corrected chi connectivity index (χ1v) is 9.54. The summed E-state index contributed by atoms with van der Waals surface area (Å²) < 4.78 is 6.13. The second kappa shape index (κ2) is 7.97. The number of likely N-dealkylation sites (N-methyl/N-ethyl adjacent to an activating group) is 1. The molecule has 0 aromatic heterocycles. The highest BCUT2D eigenvalue weighted by Gasteiger charge is 2.36. The van der Waals surface area contributed by atoms with E-state index in [1.54, 1.807) is 0 Å². The van der Waals surface area contributed by atoms with Gasteiger partial charge in [-0.15, -0.1) is 0 Å². The summed E-state index contributed by atoms with van der Waals surface area (Å²) in [6.07, 6.45) is -1.13. The molecule has 2 aromatic carbocycles. The van der Waals surface area contributed by atoms with Gasteiger partial charge in [0.1, 0.15) is 23.8 Å². The SMILES string of the molecule is C[N+](C)(C)CC(CC(=O)O)Oc1cc(O)c2c(c1)C(=O)c1cc(C(=O)O)cc(O)c1C2=O. The van der Waals surface area contributed by atoms with Crippen molar-refractivity contribution in [2.24, 2.45) is 0 Å². The van der Waals surface area contributed by atoms with Crippen molar-refractivity contribution in [1.29, 1.82) is 0 Å². The quantitative estimate of drug-likeness (QED) is 0.396. The van der Waals surface area contributed by atoms with Gasteiger partial charge in [-0.1, -0.05) is 0 Å². The van der Waals surface area contributed by atoms with Gasteiger partial charge in [0.05, 0.1) is 44.3 Å². The van der Waals surface area contributed by atoms with Gasteiger partial charge in [0.25, 0.3) is 0 Å². The fourth-order valence-electron chi connectivity index (χ4n) is 3.67. The lowest BCUT2D eigenvalue weighted by Gasteiger charge is -2.29. The molecule has 0 radical (unpaired) electrons. The van der Waals surface area contributed by atoms with Crippen LogP contribution in [0.2, 0.25) is 0 Å². The first kappa shape index (κ1) is 22.8. The number of aromatic carboxylic acids is 1. The zero-order valence-corrected chi connectivity index (χ0v) is 17.6. The topological polar surface area (TPSA) is 158 Å². The molecule has 0 saturated heterocycles. The molecule has 32 heavy (non-hydrogen) atoms. The van der Waals surface area contributed by atoms with Gasteiger partial charge in [0.15, 0.2) is 11.9 Å². The largest absolute Gasteiger partial charge is 0.507 e. The number of phenols is 2. The van der Waals surface area contributed by atoms with E-state index in [9.17, 15) is 39.6 Å². The number of phenolic OH excluding ortho intramolecular Hbond substituents is 2. The fraction of sp³-hybridized carbons (Fsp3) is 0.273.